The first-order chi connectivity index (χ1) is 5.11. The van der Waals surface area contributed by atoms with Gasteiger partial charge in [0, 0.05) is 6.54 Å². The lowest BCUT2D eigenvalue weighted by atomic mass is 9.93. The summed E-state index contributed by atoms with van der Waals surface area (Å²) in [6, 6.07) is 0. The van der Waals surface area contributed by atoms with Gasteiger partial charge in [-0.3, -0.25) is 4.90 Å². The lowest BCUT2D eigenvalue weighted by Gasteiger charge is -2.37. The van der Waals surface area contributed by atoms with E-state index in [4.69, 9.17) is 4.74 Å². The maximum absolute atomic E-state index is 5.69. The molecule has 0 aliphatic carbocycles. The summed E-state index contributed by atoms with van der Waals surface area (Å²) >= 11 is 0. The summed E-state index contributed by atoms with van der Waals surface area (Å²) in [6.07, 6.45) is 0.464. The van der Waals surface area contributed by atoms with Gasteiger partial charge in [-0.1, -0.05) is 20.8 Å². The summed E-state index contributed by atoms with van der Waals surface area (Å²) in [4.78, 5) is 2.23. The minimum atomic E-state index is 0.464. The molecule has 1 rings (SSSR count). The molecular weight excluding hydrogens is 138 g/mol. The molecule has 0 amide bonds. The van der Waals surface area contributed by atoms with Crippen molar-refractivity contribution in [3.63, 3.8) is 0 Å². The molecule has 0 radical (unpaired) electrons. The van der Waals surface area contributed by atoms with E-state index in [1.807, 2.05) is 0 Å². The minimum Gasteiger partial charge on any atom is -0.362 e. The zero-order valence-electron chi connectivity index (χ0n) is 8.00. The normalized spacial score (nSPS) is 34.6. The highest BCUT2D eigenvalue weighted by Crippen LogP contribution is 2.21. The highest BCUT2D eigenvalue weighted by Gasteiger charge is 2.26. The molecule has 1 saturated heterocycles. The quantitative estimate of drug-likeness (QED) is 0.573. The van der Waals surface area contributed by atoms with Crippen molar-refractivity contribution >= 4 is 0 Å². The van der Waals surface area contributed by atoms with Crippen molar-refractivity contribution in [3.8, 4) is 0 Å². The van der Waals surface area contributed by atoms with Gasteiger partial charge in [-0.2, -0.15) is 0 Å². The molecule has 66 valence electrons. The Labute approximate surface area is 69.5 Å². The van der Waals surface area contributed by atoms with Gasteiger partial charge in [-0.25, -0.2) is 0 Å². The van der Waals surface area contributed by atoms with Crippen LogP contribution >= 0.6 is 0 Å². The Hall–Kier alpha value is -0.0800. The summed E-state index contributed by atoms with van der Waals surface area (Å²) < 4.78 is 5.69. The largest absolute Gasteiger partial charge is 0.362 e. The van der Waals surface area contributed by atoms with Crippen molar-refractivity contribution in [1.82, 2.24) is 4.90 Å². The first kappa shape index (κ1) is 9.01. The number of hydrogen-bond donors (Lipinski definition) is 0. The Morgan fingerprint density at radius 1 is 1.45 bits per heavy atom. The summed E-state index contributed by atoms with van der Waals surface area (Å²) in [6.45, 7) is 8.69. The van der Waals surface area contributed by atoms with Gasteiger partial charge < -0.3 is 4.74 Å². The van der Waals surface area contributed by atoms with Crippen LogP contribution in [0.4, 0.5) is 0 Å². The van der Waals surface area contributed by atoms with Crippen LogP contribution in [-0.2, 0) is 4.74 Å². The topological polar surface area (TPSA) is 12.5 Å². The third-order valence-electron chi connectivity index (χ3n) is 2.30. The van der Waals surface area contributed by atoms with Crippen LogP contribution in [0, 0.1) is 11.8 Å². The Balaban J connectivity index is 2.44. The molecule has 0 aromatic carbocycles. The maximum Gasteiger partial charge on any atom is 0.0991 e. The standard InChI is InChI=1S/C9H19NO/c1-7(2)9-8(3)5-10(4)6-11-9/h7-9H,5-6H2,1-4H3/t8-,9+/m1/s1. The molecule has 0 aromatic rings. The van der Waals surface area contributed by atoms with E-state index in [-0.39, 0.29) is 0 Å². The van der Waals surface area contributed by atoms with E-state index in [0.29, 0.717) is 17.9 Å². The highest BCUT2D eigenvalue weighted by molar-refractivity contribution is 4.75. The molecule has 0 spiro atoms. The molecule has 1 aliphatic rings. The van der Waals surface area contributed by atoms with Crippen LogP contribution in [-0.4, -0.2) is 31.3 Å². The van der Waals surface area contributed by atoms with Crippen molar-refractivity contribution in [3.05, 3.63) is 0 Å². The Kier molecular flexibility index (Phi) is 2.90. The second-order valence-electron chi connectivity index (χ2n) is 4.02. The molecule has 1 fully saturated rings. The van der Waals surface area contributed by atoms with Crippen LogP contribution < -0.4 is 0 Å². The number of rotatable bonds is 1. The molecule has 0 unspecified atom stereocenters. The molecule has 2 atom stereocenters. The van der Waals surface area contributed by atoms with Gasteiger partial charge in [-0.05, 0) is 18.9 Å². The molecule has 0 saturated carbocycles. The SMILES string of the molecule is CC(C)[C@@H]1OCN(C)C[C@H]1C. The third-order valence-corrected chi connectivity index (χ3v) is 2.30. The maximum atomic E-state index is 5.69. The van der Waals surface area contributed by atoms with Crippen molar-refractivity contribution in [2.75, 3.05) is 20.3 Å². The van der Waals surface area contributed by atoms with Crippen molar-refractivity contribution in [2.24, 2.45) is 11.8 Å². The molecular formula is C9H19NO. The molecule has 2 nitrogen and oxygen atoms in total. The van der Waals surface area contributed by atoms with E-state index in [0.717, 1.165) is 6.73 Å². The van der Waals surface area contributed by atoms with E-state index in [9.17, 15) is 0 Å². The Morgan fingerprint density at radius 2 is 2.09 bits per heavy atom. The van der Waals surface area contributed by atoms with E-state index < -0.39 is 0 Å². The van der Waals surface area contributed by atoms with Gasteiger partial charge in [-0.15, -0.1) is 0 Å². The summed E-state index contributed by atoms with van der Waals surface area (Å²) in [5.41, 5.74) is 0. The third kappa shape index (κ3) is 2.17. The van der Waals surface area contributed by atoms with Gasteiger partial charge in [0.2, 0.25) is 0 Å². The van der Waals surface area contributed by atoms with Crippen LogP contribution in [0.25, 0.3) is 0 Å². The van der Waals surface area contributed by atoms with Crippen LogP contribution in [0.2, 0.25) is 0 Å². The highest BCUT2D eigenvalue weighted by atomic mass is 16.5. The average molecular weight is 157 g/mol. The predicted octanol–water partition coefficient (Wildman–Crippen LogP) is 1.57. The van der Waals surface area contributed by atoms with E-state index >= 15 is 0 Å². The van der Waals surface area contributed by atoms with Crippen molar-refractivity contribution < 1.29 is 4.74 Å². The van der Waals surface area contributed by atoms with Gasteiger partial charge in [0.05, 0.1) is 12.8 Å². The van der Waals surface area contributed by atoms with E-state index in [2.05, 4.69) is 32.7 Å². The summed E-state index contributed by atoms with van der Waals surface area (Å²) in [7, 11) is 2.10. The predicted molar refractivity (Wildman–Crippen MR) is 46.4 cm³/mol. The second-order valence-corrected chi connectivity index (χ2v) is 4.02. The molecule has 11 heavy (non-hydrogen) atoms. The fourth-order valence-electron chi connectivity index (χ4n) is 1.88. The van der Waals surface area contributed by atoms with Gasteiger partial charge in [0.1, 0.15) is 0 Å². The van der Waals surface area contributed by atoms with Crippen LogP contribution in [0.5, 0.6) is 0 Å². The minimum absolute atomic E-state index is 0.464. The lowest BCUT2D eigenvalue weighted by molar-refractivity contribution is -0.107. The lowest BCUT2D eigenvalue weighted by Crippen LogP contribution is -2.43. The fraction of sp³-hybridized carbons (Fsp3) is 1.00. The van der Waals surface area contributed by atoms with E-state index in [1.54, 1.807) is 0 Å². The second kappa shape index (κ2) is 3.55. The number of hydrogen-bond acceptors (Lipinski definition) is 2. The van der Waals surface area contributed by atoms with E-state index in [1.165, 1.54) is 6.54 Å². The van der Waals surface area contributed by atoms with Crippen molar-refractivity contribution in [2.45, 2.75) is 26.9 Å². The van der Waals surface area contributed by atoms with Crippen LogP contribution in [0.3, 0.4) is 0 Å². The molecule has 2 heteroatoms. The molecule has 1 aliphatic heterocycles. The summed E-state index contributed by atoms with van der Waals surface area (Å²) in [5.74, 6) is 1.33. The molecule has 0 bridgehead atoms. The first-order valence-corrected chi connectivity index (χ1v) is 4.41. The molecule has 1 heterocycles. The zero-order chi connectivity index (χ0) is 8.43. The Bertz CT molecular complexity index is 125. The smallest absolute Gasteiger partial charge is 0.0991 e. The molecule has 0 N–H and O–H groups in total. The Morgan fingerprint density at radius 3 is 2.55 bits per heavy atom. The average Bonchev–Trinajstić information content (AvgIpc) is 1.85. The number of nitrogens with zero attached hydrogens (tertiary/aromatic N) is 1. The number of ether oxygens (including phenoxy) is 1. The zero-order valence-corrected chi connectivity index (χ0v) is 8.00. The fourth-order valence-corrected chi connectivity index (χ4v) is 1.88. The first-order valence-electron chi connectivity index (χ1n) is 4.41. The summed E-state index contributed by atoms with van der Waals surface area (Å²) in [5, 5.41) is 0. The van der Waals surface area contributed by atoms with Gasteiger partial charge >= 0.3 is 0 Å². The van der Waals surface area contributed by atoms with Crippen LogP contribution in [0.15, 0.2) is 0 Å². The van der Waals surface area contributed by atoms with Gasteiger partial charge in [0.15, 0.2) is 0 Å². The monoisotopic (exact) mass is 157 g/mol. The van der Waals surface area contributed by atoms with Gasteiger partial charge in [0.25, 0.3) is 0 Å². The van der Waals surface area contributed by atoms with Crippen molar-refractivity contribution in [1.29, 1.82) is 0 Å². The van der Waals surface area contributed by atoms with Crippen LogP contribution in [0.1, 0.15) is 20.8 Å². The molecule has 0 aromatic heterocycles.